The van der Waals surface area contributed by atoms with E-state index in [1.807, 2.05) is 22.6 Å². The third-order valence-electron chi connectivity index (χ3n) is 0.425. The van der Waals surface area contributed by atoms with Crippen LogP contribution in [0.4, 0.5) is 0 Å². The lowest BCUT2D eigenvalue weighted by atomic mass is 10.7. The van der Waals surface area contributed by atoms with E-state index in [1.165, 1.54) is 0 Å². The minimum atomic E-state index is -4.37. The lowest BCUT2D eigenvalue weighted by Crippen LogP contribution is -2.23. The van der Waals surface area contributed by atoms with Crippen LogP contribution in [0, 0.1) is 0 Å². The van der Waals surface area contributed by atoms with Crippen LogP contribution >= 0.6 is 30.4 Å². The molecule has 1 unspecified atom stereocenters. The van der Waals surface area contributed by atoms with Gasteiger partial charge in [-0.2, -0.15) is 0 Å². The summed E-state index contributed by atoms with van der Waals surface area (Å²) in [5.41, 5.74) is 5.04. The summed E-state index contributed by atoms with van der Waals surface area (Å²) >= 11 is 1.86. The van der Waals surface area contributed by atoms with Crippen molar-refractivity contribution in [3.8, 4) is 0 Å². The third-order valence-corrected chi connectivity index (χ3v) is 1.84. The molecule has 0 aromatic carbocycles. The highest BCUT2D eigenvalue weighted by molar-refractivity contribution is 14.1. The predicted molar refractivity (Wildman–Crippen MR) is 40.0 cm³/mol. The van der Waals surface area contributed by atoms with Crippen molar-refractivity contribution in [2.45, 2.75) is 6.23 Å². The maximum atomic E-state index is 9.99. The monoisotopic (exact) mass is 267 g/mol. The number of phosphoric acid groups is 1. The van der Waals surface area contributed by atoms with Crippen molar-refractivity contribution in [2.24, 2.45) is 5.73 Å². The van der Waals surface area contributed by atoms with Gasteiger partial charge in [-0.1, -0.05) is 22.6 Å². The molecule has 0 aromatic rings. The second kappa shape index (κ2) is 3.85. The minimum Gasteiger partial charge on any atom is -0.305 e. The fourth-order valence-corrected chi connectivity index (χ4v) is 1.10. The van der Waals surface area contributed by atoms with Crippen LogP contribution in [0.1, 0.15) is 0 Å². The molecule has 0 heterocycles. The highest BCUT2D eigenvalue weighted by Crippen LogP contribution is 2.36. The molecule has 1 atom stereocenters. The van der Waals surface area contributed by atoms with E-state index < -0.39 is 14.1 Å². The van der Waals surface area contributed by atoms with E-state index in [1.54, 1.807) is 0 Å². The van der Waals surface area contributed by atoms with Crippen molar-refractivity contribution in [1.82, 2.24) is 0 Å². The van der Waals surface area contributed by atoms with E-state index in [2.05, 4.69) is 4.52 Å². The summed E-state index contributed by atoms with van der Waals surface area (Å²) in [6.07, 6.45) is -0.883. The number of nitrogens with two attached hydrogens (primary N) is 1. The molecule has 0 aromatic heterocycles. The summed E-state index contributed by atoms with van der Waals surface area (Å²) in [7, 11) is -4.37. The van der Waals surface area contributed by atoms with Crippen LogP contribution in [0.5, 0.6) is 0 Å². The van der Waals surface area contributed by atoms with Gasteiger partial charge >= 0.3 is 7.82 Å². The van der Waals surface area contributed by atoms with Crippen molar-refractivity contribution >= 4 is 30.4 Å². The second-order valence-corrected chi connectivity index (χ2v) is 3.36. The first-order valence-electron chi connectivity index (χ1n) is 2.01. The molecule has 0 aliphatic rings. The summed E-state index contributed by atoms with van der Waals surface area (Å²) in [5, 5.41) is 0. The Hall–Kier alpha value is 0.800. The van der Waals surface area contributed by atoms with Crippen LogP contribution < -0.4 is 5.73 Å². The standard InChI is InChI=1S/C2H7INO4P/c3-1-2(4)8-9(5,6)7/h2H,1,4H2,(H2,5,6,7). The Morgan fingerprint density at radius 1 is 1.78 bits per heavy atom. The van der Waals surface area contributed by atoms with Gasteiger partial charge in [-0.3, -0.25) is 4.52 Å². The molecule has 0 amide bonds. The fraction of sp³-hybridized carbons (Fsp3) is 1.00. The van der Waals surface area contributed by atoms with Crippen molar-refractivity contribution in [3.63, 3.8) is 0 Å². The Labute approximate surface area is 66.0 Å². The summed E-state index contributed by atoms with van der Waals surface area (Å²) in [4.78, 5) is 16.2. The Balaban J connectivity index is 3.60. The SMILES string of the molecule is NC(CI)OP(=O)(O)O. The highest BCUT2D eigenvalue weighted by Gasteiger charge is 2.17. The quantitative estimate of drug-likeness (QED) is 0.285. The topological polar surface area (TPSA) is 92.8 Å². The van der Waals surface area contributed by atoms with Gasteiger partial charge in [-0.15, -0.1) is 0 Å². The molecule has 0 aliphatic heterocycles. The van der Waals surface area contributed by atoms with Gasteiger partial charge in [0.05, 0.1) is 0 Å². The van der Waals surface area contributed by atoms with Crippen LogP contribution in [0.2, 0.25) is 0 Å². The fourth-order valence-electron chi connectivity index (χ4n) is 0.205. The first-order chi connectivity index (χ1) is 3.95. The van der Waals surface area contributed by atoms with E-state index in [0.29, 0.717) is 4.43 Å². The van der Waals surface area contributed by atoms with Gasteiger partial charge < -0.3 is 15.5 Å². The number of hydrogen-bond donors (Lipinski definition) is 3. The number of hydrogen-bond acceptors (Lipinski definition) is 3. The maximum Gasteiger partial charge on any atom is 0.471 e. The minimum absolute atomic E-state index is 0.350. The van der Waals surface area contributed by atoms with Crippen LogP contribution in [0.3, 0.4) is 0 Å². The van der Waals surface area contributed by atoms with E-state index in [0.717, 1.165) is 0 Å². The van der Waals surface area contributed by atoms with Gasteiger partial charge in [0.1, 0.15) is 6.23 Å². The van der Waals surface area contributed by atoms with Crippen molar-refractivity contribution < 1.29 is 18.9 Å². The van der Waals surface area contributed by atoms with Crippen LogP contribution in [-0.2, 0) is 9.09 Å². The first-order valence-corrected chi connectivity index (χ1v) is 5.07. The molecule has 0 saturated heterocycles. The lowest BCUT2D eigenvalue weighted by molar-refractivity contribution is 0.153. The van der Waals surface area contributed by atoms with Gasteiger partial charge in [0.2, 0.25) is 0 Å². The molecule has 4 N–H and O–H groups in total. The maximum absolute atomic E-state index is 9.99. The Morgan fingerprint density at radius 3 is 2.33 bits per heavy atom. The lowest BCUT2D eigenvalue weighted by Gasteiger charge is -2.09. The van der Waals surface area contributed by atoms with Gasteiger partial charge in [0.25, 0.3) is 0 Å². The summed E-state index contributed by atoms with van der Waals surface area (Å²) < 4.78 is 14.4. The van der Waals surface area contributed by atoms with Crippen molar-refractivity contribution in [1.29, 1.82) is 0 Å². The number of halogens is 1. The predicted octanol–water partition coefficient (Wildman–Crippen LogP) is -0.184. The molecule has 5 nitrogen and oxygen atoms in total. The van der Waals surface area contributed by atoms with Crippen molar-refractivity contribution in [3.05, 3.63) is 0 Å². The van der Waals surface area contributed by atoms with Crippen LogP contribution in [0.15, 0.2) is 0 Å². The van der Waals surface area contributed by atoms with E-state index in [9.17, 15) is 4.57 Å². The Morgan fingerprint density at radius 2 is 2.22 bits per heavy atom. The summed E-state index contributed by atoms with van der Waals surface area (Å²) in [5.74, 6) is 0. The zero-order valence-corrected chi connectivity index (χ0v) is 7.45. The van der Waals surface area contributed by atoms with Crippen LogP contribution in [-0.4, -0.2) is 20.4 Å². The molecule has 0 saturated carbocycles. The van der Waals surface area contributed by atoms with E-state index >= 15 is 0 Å². The Bertz CT molecular complexity index is 124. The van der Waals surface area contributed by atoms with E-state index in [-0.39, 0.29) is 0 Å². The molecular formula is C2H7INO4P. The third kappa shape index (κ3) is 6.69. The number of alkyl halides is 1. The normalized spacial score (nSPS) is 15.6. The molecule has 7 heteroatoms. The zero-order chi connectivity index (χ0) is 7.49. The van der Waals surface area contributed by atoms with Crippen LogP contribution in [0.25, 0.3) is 0 Å². The molecule has 0 radical (unpaired) electrons. The summed E-state index contributed by atoms with van der Waals surface area (Å²) in [6, 6.07) is 0. The smallest absolute Gasteiger partial charge is 0.305 e. The molecule has 0 bridgehead atoms. The molecule has 0 fully saturated rings. The largest absolute Gasteiger partial charge is 0.471 e. The van der Waals surface area contributed by atoms with Gasteiger partial charge in [-0.05, 0) is 0 Å². The van der Waals surface area contributed by atoms with E-state index in [4.69, 9.17) is 15.5 Å². The average Bonchev–Trinajstić information content (AvgIpc) is 1.62. The first kappa shape index (κ1) is 9.80. The molecule has 56 valence electrons. The second-order valence-electron chi connectivity index (χ2n) is 1.29. The zero-order valence-electron chi connectivity index (χ0n) is 4.40. The molecular weight excluding hydrogens is 260 g/mol. The summed E-state index contributed by atoms with van der Waals surface area (Å²) in [6.45, 7) is 0. The highest BCUT2D eigenvalue weighted by atomic mass is 127. The van der Waals surface area contributed by atoms with Gasteiger partial charge in [0, 0.05) is 4.43 Å². The molecule has 0 aliphatic carbocycles. The molecule has 0 rings (SSSR count). The number of rotatable bonds is 3. The van der Waals surface area contributed by atoms with Gasteiger partial charge in [0.15, 0.2) is 0 Å². The van der Waals surface area contributed by atoms with Gasteiger partial charge in [-0.25, -0.2) is 4.57 Å². The average molecular weight is 267 g/mol. The van der Waals surface area contributed by atoms with Crippen molar-refractivity contribution in [2.75, 3.05) is 4.43 Å². The Kier molecular flexibility index (Phi) is 4.19. The number of phosphoric ester groups is 1. The molecule has 9 heavy (non-hydrogen) atoms. The molecule has 0 spiro atoms.